The second-order valence-corrected chi connectivity index (χ2v) is 4.86. The maximum atomic E-state index is 11.9. The third-order valence-corrected chi connectivity index (χ3v) is 3.36. The first-order chi connectivity index (χ1) is 10.6. The zero-order chi connectivity index (χ0) is 16.1. The molecule has 1 heterocycles. The molecule has 6 nitrogen and oxygen atoms in total. The standard InChI is InChI=1S/C16H19N3O3/c1-4-22-16(20)15(18-21)14-11(2)17-19(12(14)3)10-13-8-6-5-7-9-13/h5-9,21H,4,10H2,1-3H3/b18-15-. The van der Waals surface area contributed by atoms with Gasteiger partial charge in [-0.2, -0.15) is 5.10 Å². The Hall–Kier alpha value is -2.63. The first-order valence-electron chi connectivity index (χ1n) is 7.06. The van der Waals surface area contributed by atoms with Gasteiger partial charge in [0.05, 0.1) is 24.4 Å². The van der Waals surface area contributed by atoms with Crippen molar-refractivity contribution in [3.63, 3.8) is 0 Å². The lowest BCUT2D eigenvalue weighted by atomic mass is 10.1. The molecule has 0 aliphatic rings. The molecule has 2 rings (SSSR count). The van der Waals surface area contributed by atoms with Crippen LogP contribution in [0.5, 0.6) is 0 Å². The molecule has 1 aromatic carbocycles. The normalized spacial score (nSPS) is 11.5. The van der Waals surface area contributed by atoms with Crippen molar-refractivity contribution in [2.24, 2.45) is 5.16 Å². The molecule has 0 atom stereocenters. The van der Waals surface area contributed by atoms with Crippen LogP contribution in [0.3, 0.4) is 0 Å². The minimum Gasteiger partial charge on any atom is -0.461 e. The van der Waals surface area contributed by atoms with Crippen molar-refractivity contribution in [2.45, 2.75) is 27.3 Å². The fraction of sp³-hybridized carbons (Fsp3) is 0.312. The number of esters is 1. The number of oxime groups is 1. The molecule has 1 aromatic heterocycles. The third kappa shape index (κ3) is 3.16. The van der Waals surface area contributed by atoms with Crippen LogP contribution >= 0.6 is 0 Å². The predicted molar refractivity (Wildman–Crippen MR) is 82.2 cm³/mol. The van der Waals surface area contributed by atoms with E-state index in [1.807, 2.05) is 37.3 Å². The van der Waals surface area contributed by atoms with Crippen LogP contribution in [0.4, 0.5) is 0 Å². The number of aryl methyl sites for hydroxylation is 1. The average Bonchev–Trinajstić information content (AvgIpc) is 2.77. The molecule has 0 bridgehead atoms. The van der Waals surface area contributed by atoms with Gasteiger partial charge in [0.15, 0.2) is 5.71 Å². The Bertz CT molecular complexity index is 690. The maximum absolute atomic E-state index is 11.9. The molecule has 0 saturated carbocycles. The Morgan fingerprint density at radius 2 is 2.00 bits per heavy atom. The molecule has 2 aromatic rings. The molecule has 0 spiro atoms. The number of nitrogens with zero attached hydrogens (tertiary/aromatic N) is 3. The van der Waals surface area contributed by atoms with Crippen LogP contribution in [-0.2, 0) is 16.1 Å². The quantitative estimate of drug-likeness (QED) is 0.398. The van der Waals surface area contributed by atoms with E-state index in [0.717, 1.165) is 11.3 Å². The maximum Gasteiger partial charge on any atom is 0.361 e. The van der Waals surface area contributed by atoms with Crippen molar-refractivity contribution in [3.8, 4) is 0 Å². The van der Waals surface area contributed by atoms with Crippen LogP contribution in [-0.4, -0.2) is 33.3 Å². The van der Waals surface area contributed by atoms with Gasteiger partial charge in [-0.3, -0.25) is 4.68 Å². The predicted octanol–water partition coefficient (Wildman–Crippen LogP) is 2.29. The molecule has 22 heavy (non-hydrogen) atoms. The van der Waals surface area contributed by atoms with Crippen molar-refractivity contribution in [2.75, 3.05) is 6.61 Å². The second kappa shape index (κ2) is 6.89. The smallest absolute Gasteiger partial charge is 0.361 e. The molecule has 0 amide bonds. The SMILES string of the molecule is CCOC(=O)/C(=N\O)c1c(C)nn(Cc2ccccc2)c1C. The third-order valence-electron chi connectivity index (χ3n) is 3.36. The highest BCUT2D eigenvalue weighted by Crippen LogP contribution is 2.17. The van der Waals surface area contributed by atoms with Gasteiger partial charge in [-0.05, 0) is 26.3 Å². The molecule has 0 radical (unpaired) electrons. The Kier molecular flexibility index (Phi) is 4.93. The van der Waals surface area contributed by atoms with Crippen LogP contribution in [0.2, 0.25) is 0 Å². The van der Waals surface area contributed by atoms with Crippen LogP contribution in [0.25, 0.3) is 0 Å². The highest BCUT2D eigenvalue weighted by Gasteiger charge is 2.24. The molecule has 0 saturated heterocycles. The Balaban J connectivity index is 2.36. The monoisotopic (exact) mass is 301 g/mol. The van der Waals surface area contributed by atoms with Crippen LogP contribution < -0.4 is 0 Å². The zero-order valence-electron chi connectivity index (χ0n) is 12.9. The number of rotatable bonds is 5. The molecule has 0 unspecified atom stereocenters. The molecular formula is C16H19N3O3. The van der Waals surface area contributed by atoms with Gasteiger partial charge in [0.25, 0.3) is 0 Å². The lowest BCUT2D eigenvalue weighted by Gasteiger charge is -2.06. The first kappa shape index (κ1) is 15.8. The number of carbonyl (C=O) groups excluding carboxylic acids is 1. The van der Waals surface area contributed by atoms with E-state index in [1.54, 1.807) is 18.5 Å². The summed E-state index contributed by atoms with van der Waals surface area (Å²) < 4.78 is 6.70. The fourth-order valence-electron chi connectivity index (χ4n) is 2.34. The molecule has 0 aliphatic heterocycles. The number of carbonyl (C=O) groups is 1. The van der Waals surface area contributed by atoms with Gasteiger partial charge in [0.1, 0.15) is 0 Å². The minimum absolute atomic E-state index is 0.115. The zero-order valence-corrected chi connectivity index (χ0v) is 12.9. The summed E-state index contributed by atoms with van der Waals surface area (Å²) in [6.45, 7) is 6.10. The molecule has 6 heteroatoms. The van der Waals surface area contributed by atoms with Gasteiger partial charge < -0.3 is 9.94 Å². The van der Waals surface area contributed by atoms with E-state index in [9.17, 15) is 10.0 Å². The lowest BCUT2D eigenvalue weighted by molar-refractivity contribution is -0.135. The summed E-state index contributed by atoms with van der Waals surface area (Å²) in [5.41, 5.74) is 2.86. The van der Waals surface area contributed by atoms with Crippen molar-refractivity contribution in [1.29, 1.82) is 0 Å². The van der Waals surface area contributed by atoms with Crippen molar-refractivity contribution >= 4 is 11.7 Å². The van der Waals surface area contributed by atoms with Crippen LogP contribution in [0.1, 0.15) is 29.4 Å². The summed E-state index contributed by atoms with van der Waals surface area (Å²) in [5, 5.41) is 16.7. The minimum atomic E-state index is -0.657. The van der Waals surface area contributed by atoms with Gasteiger partial charge >= 0.3 is 5.97 Å². The summed E-state index contributed by atoms with van der Waals surface area (Å²) >= 11 is 0. The van der Waals surface area contributed by atoms with Crippen molar-refractivity contribution in [1.82, 2.24) is 9.78 Å². The molecule has 0 aliphatic carbocycles. The molecule has 1 N–H and O–H groups in total. The summed E-state index contributed by atoms with van der Waals surface area (Å²) in [6, 6.07) is 9.88. The molecular weight excluding hydrogens is 282 g/mol. The van der Waals surface area contributed by atoms with E-state index in [4.69, 9.17) is 4.74 Å². The van der Waals surface area contributed by atoms with E-state index in [2.05, 4.69) is 10.3 Å². The van der Waals surface area contributed by atoms with E-state index in [0.29, 0.717) is 17.8 Å². The summed E-state index contributed by atoms with van der Waals surface area (Å²) in [4.78, 5) is 11.9. The Morgan fingerprint density at radius 3 is 2.59 bits per heavy atom. The number of hydrogen-bond donors (Lipinski definition) is 1. The Morgan fingerprint density at radius 1 is 1.32 bits per heavy atom. The van der Waals surface area contributed by atoms with Gasteiger partial charge in [-0.15, -0.1) is 0 Å². The highest BCUT2D eigenvalue weighted by atomic mass is 16.5. The first-order valence-corrected chi connectivity index (χ1v) is 7.06. The van der Waals surface area contributed by atoms with E-state index in [-0.39, 0.29) is 12.3 Å². The second-order valence-electron chi connectivity index (χ2n) is 4.86. The van der Waals surface area contributed by atoms with Gasteiger partial charge in [0.2, 0.25) is 0 Å². The average molecular weight is 301 g/mol. The largest absolute Gasteiger partial charge is 0.461 e. The number of ether oxygens (including phenoxy) is 1. The summed E-state index contributed by atoms with van der Waals surface area (Å²) in [6.07, 6.45) is 0. The van der Waals surface area contributed by atoms with Crippen molar-refractivity contribution in [3.05, 3.63) is 52.8 Å². The van der Waals surface area contributed by atoms with Gasteiger partial charge in [-0.25, -0.2) is 4.79 Å². The Labute approximate surface area is 129 Å². The summed E-state index contributed by atoms with van der Waals surface area (Å²) in [7, 11) is 0. The van der Waals surface area contributed by atoms with Crippen LogP contribution in [0.15, 0.2) is 35.5 Å². The molecule has 116 valence electrons. The van der Waals surface area contributed by atoms with Crippen LogP contribution in [0, 0.1) is 13.8 Å². The summed E-state index contributed by atoms with van der Waals surface area (Å²) in [5.74, 6) is -0.657. The van der Waals surface area contributed by atoms with E-state index in [1.165, 1.54) is 0 Å². The number of benzene rings is 1. The van der Waals surface area contributed by atoms with Gasteiger partial charge in [-0.1, -0.05) is 35.5 Å². The van der Waals surface area contributed by atoms with Crippen molar-refractivity contribution < 1.29 is 14.7 Å². The number of hydrogen-bond acceptors (Lipinski definition) is 5. The number of aromatic nitrogens is 2. The van der Waals surface area contributed by atoms with E-state index < -0.39 is 5.97 Å². The fourth-order valence-corrected chi connectivity index (χ4v) is 2.34. The molecule has 0 fully saturated rings. The van der Waals surface area contributed by atoms with Gasteiger partial charge in [0, 0.05) is 5.69 Å². The lowest BCUT2D eigenvalue weighted by Crippen LogP contribution is -2.20. The topological polar surface area (TPSA) is 76.7 Å². The van der Waals surface area contributed by atoms with E-state index >= 15 is 0 Å². The highest BCUT2D eigenvalue weighted by molar-refractivity contribution is 6.43.